The average Bonchev–Trinajstić information content (AvgIpc) is 1.98. The minimum absolute atomic E-state index is 0.306. The van der Waals surface area contributed by atoms with Crippen LogP contribution in [0.2, 0.25) is 0 Å². The van der Waals surface area contributed by atoms with Gasteiger partial charge in [0.05, 0.1) is 0 Å². The third-order valence-corrected chi connectivity index (χ3v) is 1.73. The Hall–Kier alpha value is -1.58. The van der Waals surface area contributed by atoms with Gasteiger partial charge in [0.2, 0.25) is 0 Å². The predicted octanol–water partition coefficient (Wildman–Crippen LogP) is 1.87. The summed E-state index contributed by atoms with van der Waals surface area (Å²) >= 11 is 0. The number of hydrogen-bond acceptors (Lipinski definition) is 3. The van der Waals surface area contributed by atoms with Crippen molar-refractivity contribution in [3.05, 3.63) is 39.4 Å². The predicted molar refractivity (Wildman–Crippen MR) is 43.5 cm³/mol. The average molecular weight is 167 g/mol. The van der Waals surface area contributed by atoms with Crippen molar-refractivity contribution in [2.45, 2.75) is 13.8 Å². The summed E-state index contributed by atoms with van der Waals surface area (Å²) in [4.78, 5) is 14.4. The summed E-state index contributed by atoms with van der Waals surface area (Å²) in [6.45, 7) is 3.66. The smallest absolute Gasteiger partial charge is 0.276 e. The molecule has 0 atom stereocenters. The van der Waals surface area contributed by atoms with Crippen LogP contribution in [0.4, 0.5) is 0 Å². The summed E-state index contributed by atoms with van der Waals surface area (Å²) in [7, 11) is 0. The highest BCUT2D eigenvalue weighted by atomic mass is 17.0. The number of nitrogens with zero attached hydrogens (tertiary/aromatic N) is 1. The Bertz CT molecular complexity index is 309. The van der Waals surface area contributed by atoms with E-state index in [4.69, 9.17) is 0 Å². The summed E-state index contributed by atoms with van der Waals surface area (Å²) < 4.78 is 0. The monoisotopic (exact) mass is 167 g/mol. The first kappa shape index (κ1) is 8.52. The van der Waals surface area contributed by atoms with E-state index in [9.17, 15) is 10.1 Å². The quantitative estimate of drug-likeness (QED) is 0.499. The van der Waals surface area contributed by atoms with Gasteiger partial charge >= 0.3 is 0 Å². The lowest BCUT2D eigenvalue weighted by Gasteiger charge is -2.04. The van der Waals surface area contributed by atoms with Gasteiger partial charge in [0, 0.05) is 0 Å². The molecule has 4 heteroatoms. The van der Waals surface area contributed by atoms with E-state index in [0.717, 1.165) is 11.1 Å². The van der Waals surface area contributed by atoms with Crippen LogP contribution in [0.25, 0.3) is 0 Å². The van der Waals surface area contributed by atoms with Crippen LogP contribution in [-0.4, -0.2) is 5.09 Å². The van der Waals surface area contributed by atoms with Crippen molar-refractivity contribution in [3.63, 3.8) is 0 Å². The van der Waals surface area contributed by atoms with E-state index in [1.165, 1.54) is 0 Å². The van der Waals surface area contributed by atoms with Crippen LogP contribution in [-0.2, 0) is 0 Å². The summed E-state index contributed by atoms with van der Waals surface area (Å²) in [6.07, 6.45) is 0. The van der Waals surface area contributed by atoms with Gasteiger partial charge in [-0.25, -0.2) is 0 Å². The Morgan fingerprint density at radius 1 is 1.42 bits per heavy atom. The summed E-state index contributed by atoms with van der Waals surface area (Å²) in [5, 5.41) is 9.21. The van der Waals surface area contributed by atoms with Crippen molar-refractivity contribution in [2.24, 2.45) is 0 Å². The van der Waals surface area contributed by atoms with Crippen LogP contribution in [0.5, 0.6) is 5.75 Å². The zero-order chi connectivity index (χ0) is 9.14. The molecule has 4 nitrogen and oxygen atoms in total. The molecule has 1 aromatic rings. The van der Waals surface area contributed by atoms with Crippen LogP contribution in [0.15, 0.2) is 18.2 Å². The van der Waals surface area contributed by atoms with Crippen molar-refractivity contribution in [1.82, 2.24) is 0 Å². The van der Waals surface area contributed by atoms with Gasteiger partial charge in [0.1, 0.15) is 5.75 Å². The summed E-state index contributed by atoms with van der Waals surface area (Å²) in [6, 6.07) is 5.18. The second-order valence-electron chi connectivity index (χ2n) is 2.51. The maximum Gasteiger partial charge on any atom is 0.299 e. The first-order valence-corrected chi connectivity index (χ1v) is 3.50. The lowest BCUT2D eigenvalue weighted by Crippen LogP contribution is -2.05. The second-order valence-corrected chi connectivity index (χ2v) is 2.51. The molecule has 0 amide bonds. The Balaban J connectivity index is 3.00. The minimum Gasteiger partial charge on any atom is -0.276 e. The molecule has 0 bridgehead atoms. The molecule has 0 aromatic heterocycles. The van der Waals surface area contributed by atoms with Crippen LogP contribution in [0.3, 0.4) is 0 Å². The molecule has 0 aliphatic heterocycles. The van der Waals surface area contributed by atoms with Gasteiger partial charge in [-0.1, -0.05) is 12.1 Å². The zero-order valence-corrected chi connectivity index (χ0v) is 6.90. The molecule has 0 N–H and O–H groups in total. The van der Waals surface area contributed by atoms with Crippen molar-refractivity contribution >= 4 is 0 Å². The first-order valence-electron chi connectivity index (χ1n) is 3.50. The summed E-state index contributed by atoms with van der Waals surface area (Å²) in [5.74, 6) is 0.306. The molecule has 0 spiro atoms. The van der Waals surface area contributed by atoms with E-state index < -0.39 is 5.09 Å². The Labute approximate surface area is 69.9 Å². The molecule has 0 unspecified atom stereocenters. The van der Waals surface area contributed by atoms with E-state index in [1.807, 2.05) is 13.0 Å². The summed E-state index contributed by atoms with van der Waals surface area (Å²) in [5.41, 5.74) is 1.78. The molecule has 0 saturated carbocycles. The van der Waals surface area contributed by atoms with Crippen LogP contribution >= 0.6 is 0 Å². The zero-order valence-electron chi connectivity index (χ0n) is 6.90. The molecular formula is C8H9NO3. The second kappa shape index (κ2) is 3.21. The standard InChI is InChI=1S/C8H9NO3/c1-6-4-3-5-8(7(6)2)12-9(10)11/h3-5H,1-2H3. The molecule has 12 heavy (non-hydrogen) atoms. The van der Waals surface area contributed by atoms with Crippen LogP contribution in [0, 0.1) is 24.0 Å². The van der Waals surface area contributed by atoms with Crippen LogP contribution < -0.4 is 4.84 Å². The van der Waals surface area contributed by atoms with Gasteiger partial charge in [0.25, 0.3) is 5.09 Å². The molecular weight excluding hydrogens is 158 g/mol. The van der Waals surface area contributed by atoms with E-state index in [1.54, 1.807) is 19.1 Å². The molecule has 0 heterocycles. The van der Waals surface area contributed by atoms with Gasteiger partial charge in [-0.3, -0.25) is 4.84 Å². The van der Waals surface area contributed by atoms with Crippen molar-refractivity contribution in [3.8, 4) is 5.75 Å². The SMILES string of the molecule is Cc1cccc(O[N+](=O)[O-])c1C. The molecule has 0 radical (unpaired) electrons. The van der Waals surface area contributed by atoms with Gasteiger partial charge < -0.3 is 0 Å². The maximum atomic E-state index is 10.0. The van der Waals surface area contributed by atoms with Crippen molar-refractivity contribution < 1.29 is 9.92 Å². The lowest BCUT2D eigenvalue weighted by molar-refractivity contribution is -0.711. The number of rotatable bonds is 2. The molecule has 0 aliphatic carbocycles. The van der Waals surface area contributed by atoms with Gasteiger partial charge in [-0.05, 0) is 31.0 Å². The third kappa shape index (κ3) is 1.72. The highest BCUT2D eigenvalue weighted by molar-refractivity contribution is 5.37. The lowest BCUT2D eigenvalue weighted by atomic mass is 10.1. The Kier molecular flexibility index (Phi) is 2.28. The van der Waals surface area contributed by atoms with Gasteiger partial charge in [-0.15, -0.1) is 10.1 Å². The highest BCUT2D eigenvalue weighted by Gasteiger charge is 2.03. The number of hydrogen-bond donors (Lipinski definition) is 0. The maximum absolute atomic E-state index is 10.0. The number of aryl methyl sites for hydroxylation is 1. The molecule has 0 fully saturated rings. The number of benzene rings is 1. The topological polar surface area (TPSA) is 52.4 Å². The Morgan fingerprint density at radius 2 is 2.08 bits per heavy atom. The molecule has 1 aromatic carbocycles. The molecule has 1 rings (SSSR count). The normalized spacial score (nSPS) is 9.50. The molecule has 0 saturated heterocycles. The third-order valence-electron chi connectivity index (χ3n) is 1.73. The fraction of sp³-hybridized carbons (Fsp3) is 0.250. The van der Waals surface area contributed by atoms with Crippen molar-refractivity contribution in [1.29, 1.82) is 0 Å². The van der Waals surface area contributed by atoms with Gasteiger partial charge in [0.15, 0.2) is 0 Å². The van der Waals surface area contributed by atoms with E-state index in [2.05, 4.69) is 4.84 Å². The van der Waals surface area contributed by atoms with Crippen molar-refractivity contribution in [2.75, 3.05) is 0 Å². The van der Waals surface area contributed by atoms with Gasteiger partial charge in [-0.2, -0.15) is 0 Å². The first-order chi connectivity index (χ1) is 5.61. The molecule has 64 valence electrons. The van der Waals surface area contributed by atoms with E-state index in [-0.39, 0.29) is 0 Å². The highest BCUT2D eigenvalue weighted by Crippen LogP contribution is 2.20. The largest absolute Gasteiger partial charge is 0.299 e. The minimum atomic E-state index is -0.804. The van der Waals surface area contributed by atoms with E-state index in [0.29, 0.717) is 5.75 Å². The molecule has 0 aliphatic rings. The Morgan fingerprint density at radius 3 is 2.67 bits per heavy atom. The fourth-order valence-corrected chi connectivity index (χ4v) is 0.903. The van der Waals surface area contributed by atoms with E-state index >= 15 is 0 Å². The van der Waals surface area contributed by atoms with Crippen LogP contribution in [0.1, 0.15) is 11.1 Å². The fourth-order valence-electron chi connectivity index (χ4n) is 0.903.